The third kappa shape index (κ3) is 5.20. The van der Waals surface area contributed by atoms with Crippen molar-refractivity contribution in [3.05, 3.63) is 70.7 Å². The molecule has 1 aliphatic rings. The highest BCUT2D eigenvalue weighted by Crippen LogP contribution is 2.27. The van der Waals surface area contributed by atoms with Crippen molar-refractivity contribution in [3.63, 3.8) is 0 Å². The summed E-state index contributed by atoms with van der Waals surface area (Å²) in [5.74, 6) is 0.841. The average Bonchev–Trinajstić information content (AvgIpc) is 2.78. The molecule has 1 aromatic heterocycles. The van der Waals surface area contributed by atoms with Crippen molar-refractivity contribution in [2.45, 2.75) is 13.0 Å². The van der Waals surface area contributed by atoms with Crippen molar-refractivity contribution in [1.82, 2.24) is 14.9 Å². The Hall–Kier alpha value is -3.10. The molecule has 2 amide bonds. The van der Waals surface area contributed by atoms with Gasteiger partial charge < -0.3 is 19.9 Å². The number of nitrogens with zero attached hydrogens (tertiary/aromatic N) is 4. The topological polar surface area (TPSA) is 70.6 Å². The van der Waals surface area contributed by atoms with Crippen LogP contribution < -0.4 is 15.0 Å². The molecule has 2 aromatic carbocycles. The molecule has 3 aromatic rings. The van der Waals surface area contributed by atoms with E-state index in [4.69, 9.17) is 27.9 Å². The Morgan fingerprint density at radius 1 is 1.12 bits per heavy atom. The van der Waals surface area contributed by atoms with E-state index < -0.39 is 5.82 Å². The third-order valence-corrected chi connectivity index (χ3v) is 5.59. The summed E-state index contributed by atoms with van der Waals surface area (Å²) in [6.07, 6.45) is 1.40. The smallest absolute Gasteiger partial charge is 0.322 e. The zero-order chi connectivity index (χ0) is 22.7. The molecule has 166 valence electrons. The fourth-order valence-corrected chi connectivity index (χ4v) is 3.71. The highest BCUT2D eigenvalue weighted by molar-refractivity contribution is 6.31. The quantitative estimate of drug-likeness (QED) is 0.542. The number of anilines is 2. The van der Waals surface area contributed by atoms with Gasteiger partial charge in [0, 0.05) is 48.5 Å². The van der Waals surface area contributed by atoms with Crippen LogP contribution in [-0.2, 0) is 0 Å². The monoisotopic (exact) mass is 475 g/mol. The van der Waals surface area contributed by atoms with E-state index in [0.717, 1.165) is 0 Å². The average molecular weight is 476 g/mol. The van der Waals surface area contributed by atoms with Gasteiger partial charge in [-0.15, -0.1) is 0 Å². The Labute approximate surface area is 194 Å². The first-order chi connectivity index (χ1) is 15.4. The van der Waals surface area contributed by atoms with Crippen LogP contribution in [0.4, 0.5) is 20.7 Å². The molecule has 7 nitrogen and oxygen atoms in total. The molecule has 4 rings (SSSR count). The minimum absolute atomic E-state index is 0.0291. The maximum absolute atomic E-state index is 13.4. The number of ether oxygens (including phenoxy) is 1. The van der Waals surface area contributed by atoms with Gasteiger partial charge in [-0.05, 0) is 43.3 Å². The number of benzene rings is 2. The van der Waals surface area contributed by atoms with E-state index in [1.807, 2.05) is 6.92 Å². The molecule has 0 radical (unpaired) electrons. The van der Waals surface area contributed by atoms with Gasteiger partial charge in [-0.2, -0.15) is 0 Å². The first-order valence-electron chi connectivity index (χ1n) is 9.92. The Bertz CT molecular complexity index is 1120. The summed E-state index contributed by atoms with van der Waals surface area (Å²) < 4.78 is 19.0. The van der Waals surface area contributed by atoms with Gasteiger partial charge in [0.25, 0.3) is 0 Å². The van der Waals surface area contributed by atoms with Crippen molar-refractivity contribution in [3.8, 4) is 11.6 Å². The number of hydrogen-bond donors (Lipinski definition) is 1. The van der Waals surface area contributed by atoms with Crippen molar-refractivity contribution in [2.75, 3.05) is 29.9 Å². The Morgan fingerprint density at radius 3 is 2.62 bits per heavy atom. The number of carbonyl (C=O) groups is 1. The molecular weight excluding hydrogens is 456 g/mol. The van der Waals surface area contributed by atoms with Gasteiger partial charge in [0.2, 0.25) is 5.88 Å². The Morgan fingerprint density at radius 2 is 1.91 bits per heavy atom. The van der Waals surface area contributed by atoms with Crippen molar-refractivity contribution in [2.24, 2.45) is 0 Å². The van der Waals surface area contributed by atoms with Crippen molar-refractivity contribution < 1.29 is 13.9 Å². The molecule has 1 N–H and O–H groups in total. The minimum atomic E-state index is -0.519. The van der Waals surface area contributed by atoms with Crippen LogP contribution in [0.5, 0.6) is 11.6 Å². The van der Waals surface area contributed by atoms with Gasteiger partial charge >= 0.3 is 6.03 Å². The summed E-state index contributed by atoms with van der Waals surface area (Å²) in [5.41, 5.74) is 0.688. The van der Waals surface area contributed by atoms with Crippen LogP contribution in [-0.4, -0.2) is 46.6 Å². The van der Waals surface area contributed by atoms with E-state index in [-0.39, 0.29) is 17.1 Å². The maximum Gasteiger partial charge on any atom is 0.322 e. The molecule has 1 saturated heterocycles. The van der Waals surface area contributed by atoms with Gasteiger partial charge in [0.1, 0.15) is 23.7 Å². The number of nitrogens with one attached hydrogen (secondary N) is 1. The second-order valence-corrected chi connectivity index (χ2v) is 8.16. The number of carbonyl (C=O) groups excluding carboxylic acids is 1. The van der Waals surface area contributed by atoms with Crippen molar-refractivity contribution >= 4 is 40.7 Å². The van der Waals surface area contributed by atoms with E-state index in [1.165, 1.54) is 24.5 Å². The number of aromatic nitrogens is 2. The number of amides is 2. The van der Waals surface area contributed by atoms with Gasteiger partial charge in [0.05, 0.1) is 5.02 Å². The lowest BCUT2D eigenvalue weighted by Gasteiger charge is -2.40. The second kappa shape index (κ2) is 9.58. The van der Waals surface area contributed by atoms with Gasteiger partial charge in [0.15, 0.2) is 0 Å². The normalized spacial score (nSPS) is 16.1. The molecule has 1 atom stereocenters. The zero-order valence-electron chi connectivity index (χ0n) is 17.1. The molecule has 0 spiro atoms. The van der Waals surface area contributed by atoms with Gasteiger partial charge in [-0.25, -0.2) is 19.2 Å². The summed E-state index contributed by atoms with van der Waals surface area (Å²) in [4.78, 5) is 25.0. The lowest BCUT2D eigenvalue weighted by Crippen LogP contribution is -2.55. The van der Waals surface area contributed by atoms with Crippen LogP contribution >= 0.6 is 23.2 Å². The van der Waals surface area contributed by atoms with Crippen LogP contribution in [0.25, 0.3) is 0 Å². The third-order valence-electron chi connectivity index (χ3n) is 5.05. The number of rotatable bonds is 4. The molecule has 1 fully saturated rings. The molecule has 1 unspecified atom stereocenters. The lowest BCUT2D eigenvalue weighted by atomic mass is 10.2. The molecule has 32 heavy (non-hydrogen) atoms. The lowest BCUT2D eigenvalue weighted by molar-refractivity contribution is 0.184. The number of hydrogen-bond acceptors (Lipinski definition) is 5. The number of halogens is 3. The Balaban J connectivity index is 1.39. The van der Waals surface area contributed by atoms with E-state index in [2.05, 4.69) is 20.2 Å². The first kappa shape index (κ1) is 22.1. The predicted molar refractivity (Wildman–Crippen MR) is 122 cm³/mol. The molecule has 1 aliphatic heterocycles. The first-order valence-corrected chi connectivity index (χ1v) is 10.7. The fourth-order valence-electron chi connectivity index (χ4n) is 3.42. The van der Waals surface area contributed by atoms with E-state index in [9.17, 15) is 9.18 Å². The summed E-state index contributed by atoms with van der Waals surface area (Å²) in [6.45, 7) is 3.69. The molecule has 10 heteroatoms. The minimum Gasteiger partial charge on any atom is -0.439 e. The van der Waals surface area contributed by atoms with E-state index >= 15 is 0 Å². The van der Waals surface area contributed by atoms with Crippen LogP contribution in [0.1, 0.15) is 6.92 Å². The molecule has 0 aliphatic carbocycles. The highest BCUT2D eigenvalue weighted by Gasteiger charge is 2.28. The summed E-state index contributed by atoms with van der Waals surface area (Å²) in [6, 6.07) is 12.6. The van der Waals surface area contributed by atoms with Crippen LogP contribution in [0.3, 0.4) is 0 Å². The van der Waals surface area contributed by atoms with Gasteiger partial charge in [-0.1, -0.05) is 23.2 Å². The van der Waals surface area contributed by atoms with E-state index in [0.29, 0.717) is 47.8 Å². The summed E-state index contributed by atoms with van der Waals surface area (Å²) >= 11 is 11.7. The fraction of sp³-hybridized carbons (Fsp3) is 0.227. The van der Waals surface area contributed by atoms with Gasteiger partial charge in [-0.3, -0.25) is 0 Å². The summed E-state index contributed by atoms with van der Waals surface area (Å²) in [5, 5.41) is 3.48. The van der Waals surface area contributed by atoms with Crippen molar-refractivity contribution in [1.29, 1.82) is 0 Å². The number of urea groups is 1. The number of piperazine rings is 1. The molecule has 2 heterocycles. The SMILES string of the molecule is CC1CN(c2cc(Oc3ccc(F)c(Cl)c3)ncn2)CCN1C(=O)Nc1ccc(Cl)cc1. The van der Waals surface area contributed by atoms with E-state index in [1.54, 1.807) is 35.2 Å². The zero-order valence-corrected chi connectivity index (χ0v) is 18.6. The standard InChI is InChI=1S/C22H20Cl2FN5O2/c1-14-12-29(8-9-30(14)22(31)28-16-4-2-15(23)3-5-16)20-11-21(27-13-26-20)32-17-6-7-19(25)18(24)10-17/h2-7,10-11,13-14H,8-9,12H2,1H3,(H,28,31). The largest absolute Gasteiger partial charge is 0.439 e. The molecular formula is C22H20Cl2FN5O2. The Kier molecular flexibility index (Phi) is 6.62. The predicted octanol–water partition coefficient (Wildman–Crippen LogP) is 5.46. The highest BCUT2D eigenvalue weighted by atomic mass is 35.5. The summed E-state index contributed by atoms with van der Waals surface area (Å²) in [7, 11) is 0. The van der Waals surface area contributed by atoms with Crippen LogP contribution in [0, 0.1) is 5.82 Å². The molecule has 0 bridgehead atoms. The van der Waals surface area contributed by atoms with Crippen LogP contribution in [0.2, 0.25) is 10.0 Å². The maximum atomic E-state index is 13.4. The second-order valence-electron chi connectivity index (χ2n) is 7.32. The van der Waals surface area contributed by atoms with Crippen LogP contribution in [0.15, 0.2) is 54.9 Å². The molecule has 0 saturated carbocycles.